The van der Waals surface area contributed by atoms with E-state index < -0.39 is 5.41 Å². The summed E-state index contributed by atoms with van der Waals surface area (Å²) in [6.07, 6.45) is 2.84. The molecule has 2 amide bonds. The average Bonchev–Trinajstić information content (AvgIpc) is 2.91. The first kappa shape index (κ1) is 14.7. The number of benzene rings is 1. The average molecular weight is 313 g/mol. The number of aryl methyl sites for hydroxylation is 1. The molecule has 1 aromatic rings. The summed E-state index contributed by atoms with van der Waals surface area (Å²) < 4.78 is 0. The van der Waals surface area contributed by atoms with Crippen molar-refractivity contribution in [1.29, 1.82) is 0 Å². The van der Waals surface area contributed by atoms with Gasteiger partial charge in [-0.3, -0.25) is 14.9 Å². The highest BCUT2D eigenvalue weighted by atomic mass is 16.2. The number of rotatable bonds is 1. The van der Waals surface area contributed by atoms with Gasteiger partial charge in [0.05, 0.1) is 5.41 Å². The molecule has 2 atom stereocenters. The molecule has 5 nitrogen and oxygen atoms in total. The predicted octanol–water partition coefficient (Wildman–Crippen LogP) is 1.11. The number of imide groups is 1. The minimum Gasteiger partial charge on any atom is -0.366 e. The van der Waals surface area contributed by atoms with E-state index in [1.165, 1.54) is 11.3 Å². The number of hydrogen-bond donors (Lipinski definition) is 2. The van der Waals surface area contributed by atoms with Crippen molar-refractivity contribution in [3.8, 4) is 0 Å². The first-order valence-electron chi connectivity index (χ1n) is 8.55. The molecular formula is C18H23N3O2. The van der Waals surface area contributed by atoms with Crippen LogP contribution in [0.4, 0.5) is 5.69 Å². The van der Waals surface area contributed by atoms with Crippen LogP contribution < -0.4 is 15.5 Å². The highest BCUT2D eigenvalue weighted by Crippen LogP contribution is 2.45. The molecule has 3 aliphatic rings. The molecule has 0 saturated carbocycles. The number of hydrogen-bond acceptors (Lipinski definition) is 4. The SMILES string of the molecule is C[C@@H]1CNCCN1c1ccc2c(c1)CCC21CCC(=O)NC1=O. The lowest BCUT2D eigenvalue weighted by atomic mass is 9.75. The Morgan fingerprint density at radius 1 is 1.22 bits per heavy atom. The second-order valence-electron chi connectivity index (χ2n) is 7.05. The van der Waals surface area contributed by atoms with Gasteiger partial charge in [-0.1, -0.05) is 6.07 Å². The third-order valence-corrected chi connectivity index (χ3v) is 5.72. The topological polar surface area (TPSA) is 61.4 Å². The normalized spacial score (nSPS) is 30.5. The largest absolute Gasteiger partial charge is 0.366 e. The Morgan fingerprint density at radius 3 is 2.83 bits per heavy atom. The first-order chi connectivity index (χ1) is 11.1. The molecule has 2 aliphatic heterocycles. The maximum Gasteiger partial charge on any atom is 0.237 e. The van der Waals surface area contributed by atoms with E-state index in [1.807, 2.05) is 0 Å². The van der Waals surface area contributed by atoms with Crippen LogP contribution in [0.2, 0.25) is 0 Å². The van der Waals surface area contributed by atoms with Gasteiger partial charge in [0.1, 0.15) is 0 Å². The fraction of sp³-hybridized carbons (Fsp3) is 0.556. The third-order valence-electron chi connectivity index (χ3n) is 5.72. The monoisotopic (exact) mass is 313 g/mol. The molecule has 1 unspecified atom stereocenters. The van der Waals surface area contributed by atoms with Crippen molar-refractivity contribution < 1.29 is 9.59 Å². The van der Waals surface area contributed by atoms with Crippen LogP contribution in [0, 0.1) is 0 Å². The smallest absolute Gasteiger partial charge is 0.237 e. The Hall–Kier alpha value is -1.88. The molecule has 0 radical (unpaired) electrons. The Bertz CT molecular complexity index is 672. The van der Waals surface area contributed by atoms with Crippen LogP contribution in [-0.4, -0.2) is 37.5 Å². The van der Waals surface area contributed by atoms with Gasteiger partial charge >= 0.3 is 0 Å². The van der Waals surface area contributed by atoms with Crippen LogP contribution in [0.5, 0.6) is 0 Å². The number of piperazine rings is 1. The zero-order valence-corrected chi connectivity index (χ0v) is 13.5. The summed E-state index contributed by atoms with van der Waals surface area (Å²) >= 11 is 0. The Morgan fingerprint density at radius 2 is 2.04 bits per heavy atom. The molecule has 2 heterocycles. The van der Waals surface area contributed by atoms with Crippen molar-refractivity contribution in [2.24, 2.45) is 0 Å². The lowest BCUT2D eigenvalue weighted by molar-refractivity contribution is -0.137. The molecule has 23 heavy (non-hydrogen) atoms. The van der Waals surface area contributed by atoms with Crippen LogP contribution in [0.15, 0.2) is 18.2 Å². The van der Waals surface area contributed by atoms with Crippen LogP contribution in [0.25, 0.3) is 0 Å². The van der Waals surface area contributed by atoms with Gasteiger partial charge in [-0.05, 0) is 49.4 Å². The molecule has 2 N–H and O–H groups in total. The second kappa shape index (κ2) is 5.34. The van der Waals surface area contributed by atoms with Gasteiger partial charge < -0.3 is 10.2 Å². The highest BCUT2D eigenvalue weighted by molar-refractivity contribution is 6.04. The summed E-state index contributed by atoms with van der Waals surface area (Å²) in [5.74, 6) is -0.240. The van der Waals surface area contributed by atoms with E-state index in [1.54, 1.807) is 0 Å². The number of fused-ring (bicyclic) bond motifs is 2. The number of carbonyl (C=O) groups excluding carboxylic acids is 2. The number of nitrogens with one attached hydrogen (secondary N) is 2. The van der Waals surface area contributed by atoms with Crippen molar-refractivity contribution in [1.82, 2.24) is 10.6 Å². The van der Waals surface area contributed by atoms with Crippen molar-refractivity contribution >= 4 is 17.5 Å². The first-order valence-corrected chi connectivity index (χ1v) is 8.55. The molecule has 2 saturated heterocycles. The predicted molar refractivity (Wildman–Crippen MR) is 88.5 cm³/mol. The quantitative estimate of drug-likeness (QED) is 0.763. The zero-order chi connectivity index (χ0) is 16.0. The lowest BCUT2D eigenvalue weighted by Crippen LogP contribution is -2.50. The molecule has 1 spiro atoms. The zero-order valence-electron chi connectivity index (χ0n) is 13.5. The van der Waals surface area contributed by atoms with Gasteiger partial charge in [0.25, 0.3) is 0 Å². The van der Waals surface area contributed by atoms with Gasteiger partial charge in [0, 0.05) is 37.8 Å². The van der Waals surface area contributed by atoms with E-state index in [9.17, 15) is 9.59 Å². The number of nitrogens with zero attached hydrogens (tertiary/aromatic N) is 1. The van der Waals surface area contributed by atoms with Crippen molar-refractivity contribution in [2.75, 3.05) is 24.5 Å². The third kappa shape index (κ3) is 2.26. The highest BCUT2D eigenvalue weighted by Gasteiger charge is 2.48. The summed E-state index contributed by atoms with van der Waals surface area (Å²) in [5.41, 5.74) is 3.19. The number of anilines is 1. The minimum atomic E-state index is -0.475. The lowest BCUT2D eigenvalue weighted by Gasteiger charge is -2.36. The Balaban J connectivity index is 1.66. The van der Waals surface area contributed by atoms with E-state index in [0.717, 1.165) is 38.0 Å². The van der Waals surface area contributed by atoms with Crippen molar-refractivity contribution in [3.63, 3.8) is 0 Å². The van der Waals surface area contributed by atoms with E-state index in [2.05, 4.69) is 40.7 Å². The maximum absolute atomic E-state index is 12.5. The molecule has 1 aromatic carbocycles. The van der Waals surface area contributed by atoms with E-state index in [-0.39, 0.29) is 11.8 Å². The summed E-state index contributed by atoms with van der Waals surface area (Å²) in [6.45, 7) is 5.27. The molecule has 4 rings (SSSR count). The van der Waals surface area contributed by atoms with Gasteiger partial charge in [-0.2, -0.15) is 0 Å². The summed E-state index contributed by atoms with van der Waals surface area (Å²) in [7, 11) is 0. The van der Waals surface area contributed by atoms with Crippen LogP contribution in [0.3, 0.4) is 0 Å². The minimum absolute atomic E-state index is 0.101. The summed E-state index contributed by atoms with van der Waals surface area (Å²) in [6, 6.07) is 7.02. The summed E-state index contributed by atoms with van der Waals surface area (Å²) in [4.78, 5) is 26.4. The fourth-order valence-electron chi connectivity index (χ4n) is 4.38. The number of carbonyl (C=O) groups is 2. The van der Waals surface area contributed by atoms with Crippen molar-refractivity contribution in [2.45, 2.75) is 44.1 Å². The summed E-state index contributed by atoms with van der Waals surface area (Å²) in [5, 5.41) is 5.96. The van der Waals surface area contributed by atoms with Crippen LogP contribution in [0.1, 0.15) is 37.3 Å². The Kier molecular flexibility index (Phi) is 3.41. The van der Waals surface area contributed by atoms with Gasteiger partial charge in [-0.25, -0.2) is 0 Å². The van der Waals surface area contributed by atoms with Gasteiger partial charge in [0.2, 0.25) is 11.8 Å². The maximum atomic E-state index is 12.5. The molecule has 5 heteroatoms. The standard InChI is InChI=1S/C18H23N3O2/c1-12-11-19-8-9-21(12)14-2-3-15-13(10-14)4-6-18(15)7-5-16(22)20-17(18)23/h2-3,10,12,19H,4-9,11H2,1H3,(H,20,22,23)/t12-,18?/m1/s1. The molecule has 0 aromatic heterocycles. The van der Waals surface area contributed by atoms with Crippen LogP contribution in [-0.2, 0) is 21.4 Å². The van der Waals surface area contributed by atoms with Crippen molar-refractivity contribution in [3.05, 3.63) is 29.3 Å². The van der Waals surface area contributed by atoms with E-state index >= 15 is 0 Å². The number of piperidine rings is 1. The van der Waals surface area contributed by atoms with E-state index in [4.69, 9.17) is 0 Å². The Labute approximate surface area is 136 Å². The molecule has 1 aliphatic carbocycles. The van der Waals surface area contributed by atoms with Gasteiger partial charge in [-0.15, -0.1) is 0 Å². The van der Waals surface area contributed by atoms with Gasteiger partial charge in [0.15, 0.2) is 0 Å². The van der Waals surface area contributed by atoms with Crippen LogP contribution >= 0.6 is 0 Å². The molecular weight excluding hydrogens is 290 g/mol. The number of amides is 2. The molecule has 2 fully saturated rings. The molecule has 122 valence electrons. The molecule has 0 bridgehead atoms. The van der Waals surface area contributed by atoms with E-state index in [0.29, 0.717) is 18.9 Å². The second-order valence-corrected chi connectivity index (χ2v) is 7.05. The fourth-order valence-corrected chi connectivity index (χ4v) is 4.38.